The van der Waals surface area contributed by atoms with E-state index in [9.17, 15) is 20.1 Å². The van der Waals surface area contributed by atoms with Gasteiger partial charge in [-0.25, -0.2) is 9.78 Å². The Morgan fingerprint density at radius 2 is 1.88 bits per heavy atom. The monoisotopic (exact) mass is 485 g/mol. The third-order valence-corrected chi connectivity index (χ3v) is 5.10. The molecule has 2 aromatic carbocycles. The number of likely N-dealkylation sites (N-methyl/N-ethyl adjacent to an activating group) is 1. The van der Waals surface area contributed by atoms with Gasteiger partial charge < -0.3 is 34.9 Å². The molecule has 0 spiro atoms. The average Bonchev–Trinajstić information content (AvgIpc) is 3.19. The van der Waals surface area contributed by atoms with Gasteiger partial charge in [0, 0.05) is 22.2 Å². The number of fused-ring (bicyclic) bond motifs is 1. The van der Waals surface area contributed by atoms with Crippen molar-refractivity contribution in [3.8, 4) is 11.5 Å². The molecule has 1 aromatic heterocycles. The number of nitrogens with one attached hydrogen (secondary N) is 1. The number of aliphatic hydroxyl groups is 4. The van der Waals surface area contributed by atoms with E-state index in [0.29, 0.717) is 21.1 Å². The molecule has 0 aliphatic carbocycles. The molecule has 3 aromatic rings. The van der Waals surface area contributed by atoms with Gasteiger partial charge in [0.2, 0.25) is 5.89 Å². The fourth-order valence-corrected chi connectivity index (χ4v) is 3.53. The summed E-state index contributed by atoms with van der Waals surface area (Å²) in [5.41, 5.74) is 1.35. The quantitative estimate of drug-likeness (QED) is 0.285. The Morgan fingerprint density at radius 1 is 1.19 bits per heavy atom. The molecule has 0 bridgehead atoms. The van der Waals surface area contributed by atoms with Crippen molar-refractivity contribution in [1.82, 2.24) is 10.3 Å². The van der Waals surface area contributed by atoms with Gasteiger partial charge >= 0.3 is 5.97 Å². The number of ether oxygens (including phenoxy) is 1. The lowest BCUT2D eigenvalue weighted by atomic mass is 10.0. The van der Waals surface area contributed by atoms with Crippen LogP contribution >= 0.6 is 23.2 Å². The van der Waals surface area contributed by atoms with E-state index in [-0.39, 0.29) is 23.6 Å². The number of oxazole rings is 1. The third-order valence-electron chi connectivity index (χ3n) is 4.67. The minimum absolute atomic E-state index is 0.0661. The molecule has 0 aliphatic rings. The Bertz CT molecular complexity index is 1110. The molecule has 4 atom stereocenters. The maximum absolute atomic E-state index is 12.7. The Hall–Kier alpha value is -2.24. The molecule has 3 rings (SSSR count). The fraction of sp³-hybridized carbons (Fsp3) is 0.333. The molecular weight excluding hydrogens is 463 g/mol. The van der Waals surface area contributed by atoms with Crippen LogP contribution in [-0.4, -0.2) is 76.0 Å². The third kappa shape index (κ3) is 5.57. The highest BCUT2D eigenvalue weighted by molar-refractivity contribution is 6.35. The van der Waals surface area contributed by atoms with E-state index in [2.05, 4.69) is 4.98 Å². The molecule has 11 heteroatoms. The smallest absolute Gasteiger partial charge is 0.338 e. The molecule has 172 valence electrons. The molecular formula is C21H22Cl2N2O7. The number of halogens is 2. The number of esters is 1. The lowest BCUT2D eigenvalue weighted by Gasteiger charge is -2.28. The zero-order valence-corrected chi connectivity index (χ0v) is 18.4. The summed E-state index contributed by atoms with van der Waals surface area (Å²) in [6.45, 7) is -1.08. The van der Waals surface area contributed by atoms with E-state index in [1.807, 2.05) is 0 Å². The summed E-state index contributed by atoms with van der Waals surface area (Å²) in [4.78, 5) is 17.1. The van der Waals surface area contributed by atoms with Crippen LogP contribution in [0.2, 0.25) is 11.5 Å². The van der Waals surface area contributed by atoms with Gasteiger partial charge in [0.25, 0.3) is 0 Å². The van der Waals surface area contributed by atoms with Crippen LogP contribution in [0.1, 0.15) is 10.4 Å². The van der Waals surface area contributed by atoms with E-state index >= 15 is 0 Å². The summed E-state index contributed by atoms with van der Waals surface area (Å²) in [5.74, 6) is -0.623. The highest BCUT2D eigenvalue weighted by Gasteiger charge is 2.33. The summed E-state index contributed by atoms with van der Waals surface area (Å²) in [6.07, 6.45) is -6.57. The summed E-state index contributed by atoms with van der Waals surface area (Å²) >= 11 is 12.1. The van der Waals surface area contributed by atoms with Crippen molar-refractivity contribution in [3.63, 3.8) is 0 Å². The Kier molecular flexibility index (Phi) is 7.59. The van der Waals surface area contributed by atoms with Crippen molar-refractivity contribution in [2.24, 2.45) is 0 Å². The van der Waals surface area contributed by atoms with Crippen molar-refractivity contribution in [3.05, 3.63) is 52.0 Å². The number of aliphatic hydroxyl groups excluding tert-OH is 4. The molecule has 0 aliphatic heterocycles. The minimum atomic E-state index is -1.79. The molecule has 5 N–H and O–H groups in total. The average molecular weight is 486 g/mol. The van der Waals surface area contributed by atoms with Crippen LogP contribution in [0, 0.1) is 0 Å². The summed E-state index contributed by atoms with van der Waals surface area (Å²) < 4.78 is 18.6. The maximum Gasteiger partial charge on any atom is 0.338 e. The molecule has 0 amide bonds. The molecule has 0 radical (unpaired) electrons. The number of benzene rings is 2. The van der Waals surface area contributed by atoms with Gasteiger partial charge in [0.05, 0.1) is 12.2 Å². The lowest BCUT2D eigenvalue weighted by molar-refractivity contribution is -0.116. The first kappa shape index (κ1) is 22.9. The summed E-state index contributed by atoms with van der Waals surface area (Å²) in [6, 6.07) is 9.20. The topological polar surface area (TPSA) is 145 Å². The number of aromatic nitrogens is 1. The van der Waals surface area contributed by atoms with Gasteiger partial charge in [0.1, 0.15) is 31.3 Å². The largest absolute Gasteiger partial charge is 0.455 e. The highest BCUT2D eigenvalue weighted by atomic mass is 35.5. The van der Waals surface area contributed by atoms with E-state index in [1.165, 1.54) is 25.2 Å². The fourth-order valence-electron chi connectivity index (χ4n) is 3.01. The van der Waals surface area contributed by atoms with Crippen LogP contribution in [-0.2, 0) is 4.74 Å². The Morgan fingerprint density at radius 3 is 2.50 bits per heavy atom. The van der Waals surface area contributed by atoms with Gasteiger partial charge in [-0.15, -0.1) is 0 Å². The minimum Gasteiger partial charge on any atom is -0.455 e. The van der Waals surface area contributed by atoms with Crippen LogP contribution < -0.4 is 5.31 Å². The molecule has 32 heavy (non-hydrogen) atoms. The normalized spacial score (nSPS) is 15.9. The van der Waals surface area contributed by atoms with Crippen LogP contribution in [0.4, 0.5) is 0 Å². The second-order valence-corrected chi connectivity index (χ2v) is 7.91. The number of carbonyl (C=O) groups is 1. The van der Waals surface area contributed by atoms with Crippen LogP contribution in [0.25, 0.3) is 22.6 Å². The van der Waals surface area contributed by atoms with Gasteiger partial charge in [-0.05, 0) is 43.4 Å². The van der Waals surface area contributed by atoms with Crippen molar-refractivity contribution in [2.75, 3.05) is 20.2 Å². The zero-order valence-electron chi connectivity index (χ0n) is 17.9. The number of nitrogens with zero attached hydrogens (tertiary/aromatic N) is 1. The van der Waals surface area contributed by atoms with Crippen LogP contribution in [0.3, 0.4) is 0 Å². The van der Waals surface area contributed by atoms with Gasteiger partial charge in [0.15, 0.2) is 5.58 Å². The number of hydrogen-bond donors (Lipinski definition) is 5. The van der Waals surface area contributed by atoms with E-state index in [1.54, 1.807) is 18.2 Å². The molecule has 1 heterocycles. The van der Waals surface area contributed by atoms with Crippen molar-refractivity contribution in [1.29, 1.82) is 0 Å². The zero-order chi connectivity index (χ0) is 24.3. The lowest BCUT2D eigenvalue weighted by Crippen LogP contribution is -2.50. The number of carbonyl (C=O) groups excluding carboxylic acids is 1. The first-order valence-electron chi connectivity index (χ1n) is 9.97. The predicted octanol–water partition coefficient (Wildman–Crippen LogP) is 1.62. The molecule has 9 nitrogen and oxygen atoms in total. The van der Waals surface area contributed by atoms with E-state index in [4.69, 9.17) is 38.9 Å². The number of hydrogen-bond acceptors (Lipinski definition) is 9. The molecule has 0 saturated heterocycles. The molecule has 0 saturated carbocycles. The summed E-state index contributed by atoms with van der Waals surface area (Å²) in [7, 11) is 1.35. The van der Waals surface area contributed by atoms with Gasteiger partial charge in [-0.2, -0.15) is 0 Å². The number of rotatable bonds is 9. The SMILES string of the molecule is [2H]N(C)C[C@H](OC(=O)c1ccc2nc(-c3cc(Cl)cc(Cl)c3)oc2c1)[C@@H](O)[C@H](O)[C@H](O)CO. The molecule has 0 unspecified atom stereocenters. The van der Waals surface area contributed by atoms with E-state index < -0.39 is 37.0 Å². The van der Waals surface area contributed by atoms with Crippen LogP contribution in [0.5, 0.6) is 0 Å². The first-order chi connectivity index (χ1) is 15.6. The Balaban J connectivity index is 1.84. The molecule has 0 fully saturated rings. The maximum atomic E-state index is 12.7. The second kappa shape index (κ2) is 10.6. The Labute approximate surface area is 194 Å². The second-order valence-electron chi connectivity index (χ2n) is 7.03. The van der Waals surface area contributed by atoms with Gasteiger partial charge in [-0.1, -0.05) is 23.2 Å². The van der Waals surface area contributed by atoms with E-state index in [0.717, 1.165) is 5.31 Å². The standard InChI is InChI=1S/C21H22Cl2N2O7/c1-24-8-17(19(29)18(28)15(27)9-26)32-21(30)10-2-3-14-16(6-10)31-20(25-14)11-4-12(22)7-13(23)5-11/h2-7,15,17-19,24,26-29H,8-9H2,1H3/t15-,17+,18-,19-/m1/s1/i/hD. The van der Waals surface area contributed by atoms with Crippen molar-refractivity contribution in [2.45, 2.75) is 24.4 Å². The van der Waals surface area contributed by atoms with Gasteiger partial charge in [-0.3, -0.25) is 0 Å². The highest BCUT2D eigenvalue weighted by Crippen LogP contribution is 2.29. The van der Waals surface area contributed by atoms with Crippen molar-refractivity contribution >= 4 is 40.3 Å². The summed E-state index contributed by atoms with van der Waals surface area (Å²) in [5, 5.41) is 40.5. The van der Waals surface area contributed by atoms with Crippen LogP contribution in [0.15, 0.2) is 40.8 Å². The first-order valence-corrected chi connectivity index (χ1v) is 10.3. The predicted molar refractivity (Wildman–Crippen MR) is 118 cm³/mol. The van der Waals surface area contributed by atoms with Crippen molar-refractivity contribution < 1.29 is 35.8 Å².